The summed E-state index contributed by atoms with van der Waals surface area (Å²) >= 11 is 3.70. The molecule has 0 N–H and O–H groups in total. The minimum Gasteiger partial charge on any atom is -0.345 e. The van der Waals surface area contributed by atoms with E-state index < -0.39 is 0 Å². The van der Waals surface area contributed by atoms with E-state index in [0.29, 0.717) is 0 Å². The van der Waals surface area contributed by atoms with E-state index >= 15 is 0 Å². The average Bonchev–Trinajstić information content (AvgIpc) is 3.91. The van der Waals surface area contributed by atoms with Gasteiger partial charge in [0.25, 0.3) is 0 Å². The van der Waals surface area contributed by atoms with Gasteiger partial charge in [0.05, 0.1) is 0 Å². The molecule has 3 heteroatoms. The molecule has 2 heterocycles. The monoisotopic (exact) mass is 707 g/mol. The third kappa shape index (κ3) is 8.44. The van der Waals surface area contributed by atoms with Gasteiger partial charge in [-0.3, -0.25) is 0 Å². The molecule has 0 aliphatic heterocycles. The molecule has 0 saturated carbocycles. The van der Waals surface area contributed by atoms with Gasteiger partial charge in [0, 0.05) is 44.4 Å². The lowest BCUT2D eigenvalue weighted by Gasteiger charge is -2.20. The summed E-state index contributed by atoms with van der Waals surface area (Å²) in [5.41, 5.74) is 6.13. The molecule has 8 aromatic rings. The van der Waals surface area contributed by atoms with Crippen molar-refractivity contribution in [2.45, 2.75) is 25.7 Å². The Hall–Kier alpha value is -5.66. The Labute approximate surface area is 316 Å². The molecule has 8 rings (SSSR count). The largest absolute Gasteiger partial charge is 0.345 e. The van der Waals surface area contributed by atoms with Crippen molar-refractivity contribution in [3.8, 4) is 43.7 Å². The van der Waals surface area contributed by atoms with E-state index in [9.17, 15) is 0 Å². The highest BCUT2D eigenvalue weighted by Gasteiger charge is 2.09. The van der Waals surface area contributed by atoms with Gasteiger partial charge in [0.15, 0.2) is 0 Å². The maximum Gasteiger partial charge on any atom is 0.0408 e. The number of nitrogens with zero attached hydrogens (tertiary/aromatic N) is 1. The van der Waals surface area contributed by atoms with E-state index in [4.69, 9.17) is 6.42 Å². The van der Waals surface area contributed by atoms with E-state index in [1.807, 2.05) is 22.7 Å². The third-order valence-corrected chi connectivity index (χ3v) is 11.6. The SMILES string of the molecule is C#CCCC/C=C\Cc1ccc(-c2ccc(N(C)c3ccc(-c4ccc(-c5ccccc5)s4)cc3)cc2)s1.c1ccc2c(c1)ccc1ccccc12. The van der Waals surface area contributed by atoms with Gasteiger partial charge in [-0.2, -0.15) is 0 Å². The Balaban J connectivity index is 0.000000248. The van der Waals surface area contributed by atoms with Crippen molar-refractivity contribution in [1.82, 2.24) is 0 Å². The van der Waals surface area contributed by atoms with E-state index in [1.54, 1.807) is 0 Å². The van der Waals surface area contributed by atoms with Gasteiger partial charge in [-0.05, 0) is 106 Å². The van der Waals surface area contributed by atoms with Gasteiger partial charge in [0.2, 0.25) is 0 Å². The molecule has 6 aromatic carbocycles. The summed E-state index contributed by atoms with van der Waals surface area (Å²) in [5, 5.41) is 5.30. The van der Waals surface area contributed by atoms with Gasteiger partial charge in [-0.15, -0.1) is 35.0 Å². The first-order valence-electron chi connectivity index (χ1n) is 17.8. The molecule has 0 radical (unpaired) electrons. The van der Waals surface area contributed by atoms with E-state index in [0.717, 1.165) is 25.7 Å². The Morgan fingerprint density at radius 3 is 1.60 bits per heavy atom. The molecular weight excluding hydrogens is 667 g/mol. The van der Waals surface area contributed by atoms with Crippen LogP contribution < -0.4 is 4.90 Å². The van der Waals surface area contributed by atoms with Crippen LogP contribution in [-0.2, 0) is 6.42 Å². The van der Waals surface area contributed by atoms with Gasteiger partial charge < -0.3 is 4.90 Å². The number of thiophene rings is 2. The lowest BCUT2D eigenvalue weighted by atomic mass is 10.0. The van der Waals surface area contributed by atoms with E-state index in [2.05, 4.69) is 194 Å². The minimum atomic E-state index is 0.856. The van der Waals surface area contributed by atoms with Crippen molar-refractivity contribution in [2.75, 3.05) is 11.9 Å². The molecule has 0 spiro atoms. The highest BCUT2D eigenvalue weighted by molar-refractivity contribution is 7.18. The normalized spacial score (nSPS) is 11.0. The van der Waals surface area contributed by atoms with Gasteiger partial charge in [-0.25, -0.2) is 0 Å². The van der Waals surface area contributed by atoms with Gasteiger partial charge in [0.1, 0.15) is 0 Å². The molecule has 0 aliphatic carbocycles. The van der Waals surface area contributed by atoms with Crippen LogP contribution in [0, 0.1) is 12.3 Å². The number of benzene rings is 6. The number of fused-ring (bicyclic) bond motifs is 3. The smallest absolute Gasteiger partial charge is 0.0408 e. The number of rotatable bonds is 10. The molecule has 0 bridgehead atoms. The van der Waals surface area contributed by atoms with Crippen molar-refractivity contribution in [3.05, 3.63) is 181 Å². The molecule has 1 nitrogen and oxygen atoms in total. The Bertz CT molecular complexity index is 2370. The number of anilines is 2. The molecule has 254 valence electrons. The number of hydrogen-bond donors (Lipinski definition) is 0. The van der Waals surface area contributed by atoms with Crippen LogP contribution >= 0.6 is 22.7 Å². The van der Waals surface area contributed by atoms with Gasteiger partial charge >= 0.3 is 0 Å². The van der Waals surface area contributed by atoms with Crippen molar-refractivity contribution < 1.29 is 0 Å². The summed E-state index contributed by atoms with van der Waals surface area (Å²) in [5.74, 6) is 2.70. The Morgan fingerprint density at radius 1 is 0.519 bits per heavy atom. The molecule has 52 heavy (non-hydrogen) atoms. The van der Waals surface area contributed by atoms with Crippen LogP contribution in [0.1, 0.15) is 24.1 Å². The Morgan fingerprint density at radius 2 is 1.02 bits per heavy atom. The van der Waals surface area contributed by atoms with E-state index in [1.165, 1.54) is 69.1 Å². The molecular formula is C49H41NS2. The van der Waals surface area contributed by atoms with Crippen LogP contribution in [0.25, 0.3) is 52.9 Å². The second kappa shape index (κ2) is 17.0. The summed E-state index contributed by atoms with van der Waals surface area (Å²) in [7, 11) is 2.13. The fourth-order valence-electron chi connectivity index (χ4n) is 6.34. The van der Waals surface area contributed by atoms with Crippen LogP contribution in [0.3, 0.4) is 0 Å². The summed E-state index contributed by atoms with van der Waals surface area (Å²) in [6.07, 6.45) is 13.8. The molecule has 2 aromatic heterocycles. The average molecular weight is 708 g/mol. The second-order valence-corrected chi connectivity index (χ2v) is 15.0. The third-order valence-electron chi connectivity index (χ3n) is 9.24. The quantitative estimate of drug-likeness (QED) is 0.0592. The number of unbranched alkanes of at least 4 members (excludes halogenated alkanes) is 2. The predicted molar refractivity (Wildman–Crippen MR) is 230 cm³/mol. The van der Waals surface area contributed by atoms with Gasteiger partial charge in [-0.1, -0.05) is 127 Å². The lowest BCUT2D eigenvalue weighted by molar-refractivity contribution is 0.883. The maximum absolute atomic E-state index is 5.31. The Kier molecular flexibility index (Phi) is 11.4. The van der Waals surface area contributed by atoms with Crippen LogP contribution in [0.2, 0.25) is 0 Å². The molecule has 0 fully saturated rings. The highest BCUT2D eigenvalue weighted by Crippen LogP contribution is 2.36. The van der Waals surface area contributed by atoms with Crippen molar-refractivity contribution in [3.63, 3.8) is 0 Å². The number of hydrogen-bond acceptors (Lipinski definition) is 3. The molecule has 0 amide bonds. The first-order valence-corrected chi connectivity index (χ1v) is 19.4. The summed E-state index contributed by atoms with van der Waals surface area (Å²) in [6.45, 7) is 0. The van der Waals surface area contributed by atoms with Crippen molar-refractivity contribution in [1.29, 1.82) is 0 Å². The standard InChI is InChI=1S/C35H31NS2.C14H10/c1-3-4-5-6-7-11-14-32-23-24-33(37-32)28-15-19-30(20-16-28)36(2)31-21-17-29(18-22-31)35-26-25-34(38-35)27-12-9-8-10-13-27;1-3-7-13-11(5-1)9-10-12-6-2-4-8-14(12)13/h1,7-13,15-26H,4-6,14H2,2H3;1-10H/b11-7-;. The zero-order valence-electron chi connectivity index (χ0n) is 29.4. The summed E-state index contributed by atoms with van der Waals surface area (Å²) < 4.78 is 0. The molecule has 0 unspecified atom stereocenters. The number of terminal acetylenes is 1. The first-order chi connectivity index (χ1) is 25.7. The van der Waals surface area contributed by atoms with Crippen LogP contribution in [0.5, 0.6) is 0 Å². The van der Waals surface area contributed by atoms with Crippen molar-refractivity contribution in [2.24, 2.45) is 0 Å². The molecule has 0 atom stereocenters. The highest BCUT2D eigenvalue weighted by atomic mass is 32.1. The lowest BCUT2D eigenvalue weighted by Crippen LogP contribution is -2.08. The summed E-state index contributed by atoms with van der Waals surface area (Å²) in [4.78, 5) is 7.52. The second-order valence-electron chi connectivity index (χ2n) is 12.7. The molecule has 0 aliphatic rings. The fraction of sp³-hybridized carbons (Fsp3) is 0.102. The van der Waals surface area contributed by atoms with E-state index in [-0.39, 0.29) is 0 Å². The van der Waals surface area contributed by atoms with Crippen LogP contribution in [-0.4, -0.2) is 7.05 Å². The maximum atomic E-state index is 5.31. The van der Waals surface area contributed by atoms with Crippen molar-refractivity contribution >= 4 is 55.6 Å². The predicted octanol–water partition coefficient (Wildman–Crippen LogP) is 14.5. The minimum absolute atomic E-state index is 0.856. The topological polar surface area (TPSA) is 3.24 Å². The zero-order valence-corrected chi connectivity index (χ0v) is 31.0. The zero-order chi connectivity index (χ0) is 35.5. The fourth-order valence-corrected chi connectivity index (χ4v) is 8.34. The van der Waals surface area contributed by atoms with Crippen LogP contribution in [0.15, 0.2) is 176 Å². The number of allylic oxidation sites excluding steroid dienone is 2. The first kappa shape index (κ1) is 34.8. The summed E-state index contributed by atoms with van der Waals surface area (Å²) in [6, 6.07) is 58.6. The molecule has 0 saturated heterocycles. The van der Waals surface area contributed by atoms with Crippen LogP contribution in [0.4, 0.5) is 11.4 Å².